The number of thiophene rings is 1. The third kappa shape index (κ3) is 3.46. The largest absolute Gasteiger partial charge is 0.337 e. The lowest BCUT2D eigenvalue weighted by Crippen LogP contribution is -2.39. The molecule has 1 atom stereocenters. The molecule has 4 heterocycles. The van der Waals surface area contributed by atoms with Gasteiger partial charge in [0.05, 0.1) is 4.88 Å². The van der Waals surface area contributed by atoms with Crippen molar-refractivity contribution in [3.63, 3.8) is 0 Å². The first-order chi connectivity index (χ1) is 12.1. The second-order valence-electron chi connectivity index (χ2n) is 7.19. The van der Waals surface area contributed by atoms with E-state index in [1.807, 2.05) is 30.2 Å². The number of aryl methyl sites for hydroxylation is 1. The monoisotopic (exact) mass is 356 g/mol. The fraction of sp³-hybridized carbons (Fsp3) is 0.526. The van der Waals surface area contributed by atoms with E-state index in [9.17, 15) is 4.79 Å². The van der Waals surface area contributed by atoms with Crippen molar-refractivity contribution in [2.45, 2.75) is 38.6 Å². The Labute approximate surface area is 152 Å². The number of piperidine rings is 1. The SMILES string of the molecule is Cc1ccc(C(=O)N2CCC[C@@H](c3ncc4c(n3)CCN(C)C4)C2)s1. The van der Waals surface area contributed by atoms with Crippen LogP contribution in [-0.2, 0) is 13.0 Å². The van der Waals surface area contributed by atoms with Crippen LogP contribution in [0.5, 0.6) is 0 Å². The molecule has 1 fully saturated rings. The Balaban J connectivity index is 1.50. The number of likely N-dealkylation sites (tertiary alicyclic amines) is 1. The maximum atomic E-state index is 12.7. The van der Waals surface area contributed by atoms with E-state index in [1.54, 1.807) is 11.3 Å². The van der Waals surface area contributed by atoms with Gasteiger partial charge in [-0.15, -0.1) is 11.3 Å². The van der Waals surface area contributed by atoms with Gasteiger partial charge in [0.1, 0.15) is 5.82 Å². The van der Waals surface area contributed by atoms with Gasteiger partial charge in [-0.1, -0.05) is 0 Å². The number of amides is 1. The Morgan fingerprint density at radius 2 is 2.20 bits per heavy atom. The Morgan fingerprint density at radius 3 is 3.00 bits per heavy atom. The third-order valence-corrected chi connectivity index (χ3v) is 6.16. The minimum absolute atomic E-state index is 0.155. The lowest BCUT2D eigenvalue weighted by molar-refractivity contribution is 0.0709. The van der Waals surface area contributed by atoms with Gasteiger partial charge in [0.25, 0.3) is 5.91 Å². The van der Waals surface area contributed by atoms with Crippen molar-refractivity contribution in [2.24, 2.45) is 0 Å². The first kappa shape index (κ1) is 16.7. The quantitative estimate of drug-likeness (QED) is 0.830. The van der Waals surface area contributed by atoms with Gasteiger partial charge in [0.2, 0.25) is 0 Å². The molecular weight excluding hydrogens is 332 g/mol. The summed E-state index contributed by atoms with van der Waals surface area (Å²) in [5, 5.41) is 0. The fourth-order valence-electron chi connectivity index (χ4n) is 3.75. The average molecular weight is 356 g/mol. The molecule has 6 heteroatoms. The predicted molar refractivity (Wildman–Crippen MR) is 99.0 cm³/mol. The molecule has 0 bridgehead atoms. The van der Waals surface area contributed by atoms with Gasteiger partial charge in [-0.25, -0.2) is 9.97 Å². The zero-order valence-corrected chi connectivity index (χ0v) is 15.7. The summed E-state index contributed by atoms with van der Waals surface area (Å²) in [5.41, 5.74) is 2.44. The minimum atomic E-state index is 0.155. The summed E-state index contributed by atoms with van der Waals surface area (Å²) < 4.78 is 0. The van der Waals surface area contributed by atoms with E-state index >= 15 is 0 Å². The van der Waals surface area contributed by atoms with Crippen LogP contribution in [0.2, 0.25) is 0 Å². The van der Waals surface area contributed by atoms with Crippen molar-refractivity contribution in [2.75, 3.05) is 26.7 Å². The summed E-state index contributed by atoms with van der Waals surface area (Å²) in [6, 6.07) is 3.96. The molecule has 2 aliphatic rings. The van der Waals surface area contributed by atoms with Gasteiger partial charge in [-0.2, -0.15) is 0 Å². The Kier molecular flexibility index (Phi) is 4.56. The molecular formula is C19H24N4OS. The Hall–Kier alpha value is -1.79. The molecule has 0 radical (unpaired) electrons. The second kappa shape index (κ2) is 6.84. The van der Waals surface area contributed by atoms with E-state index in [4.69, 9.17) is 4.98 Å². The Morgan fingerprint density at radius 1 is 1.32 bits per heavy atom. The number of carbonyl (C=O) groups is 1. The van der Waals surface area contributed by atoms with Gasteiger partial charge in [0.15, 0.2) is 0 Å². The van der Waals surface area contributed by atoms with Crippen molar-refractivity contribution < 1.29 is 4.79 Å². The van der Waals surface area contributed by atoms with Crippen molar-refractivity contribution in [1.29, 1.82) is 0 Å². The van der Waals surface area contributed by atoms with Gasteiger partial charge in [-0.3, -0.25) is 4.79 Å². The highest BCUT2D eigenvalue weighted by molar-refractivity contribution is 7.13. The van der Waals surface area contributed by atoms with E-state index in [0.717, 1.165) is 56.1 Å². The minimum Gasteiger partial charge on any atom is -0.337 e. The highest BCUT2D eigenvalue weighted by atomic mass is 32.1. The maximum absolute atomic E-state index is 12.7. The topological polar surface area (TPSA) is 49.3 Å². The summed E-state index contributed by atoms with van der Waals surface area (Å²) in [6.07, 6.45) is 5.07. The molecule has 2 aromatic heterocycles. The molecule has 0 aliphatic carbocycles. The molecule has 0 saturated carbocycles. The molecule has 4 rings (SSSR count). The van der Waals surface area contributed by atoms with Crippen molar-refractivity contribution >= 4 is 17.2 Å². The van der Waals surface area contributed by atoms with Crippen LogP contribution in [0.25, 0.3) is 0 Å². The normalized spacial score (nSPS) is 21.2. The van der Waals surface area contributed by atoms with E-state index in [0.29, 0.717) is 0 Å². The summed E-state index contributed by atoms with van der Waals surface area (Å²) in [4.78, 5) is 28.6. The van der Waals surface area contributed by atoms with E-state index in [2.05, 4.69) is 16.9 Å². The van der Waals surface area contributed by atoms with Crippen LogP contribution in [0.15, 0.2) is 18.3 Å². The first-order valence-electron chi connectivity index (χ1n) is 8.99. The lowest BCUT2D eigenvalue weighted by Gasteiger charge is -2.32. The van der Waals surface area contributed by atoms with Crippen LogP contribution in [0.1, 0.15) is 50.4 Å². The molecule has 2 aliphatic heterocycles. The molecule has 25 heavy (non-hydrogen) atoms. The van der Waals surface area contributed by atoms with Gasteiger partial charge in [0, 0.05) is 60.8 Å². The third-order valence-electron chi connectivity index (χ3n) is 5.17. The average Bonchev–Trinajstić information content (AvgIpc) is 3.07. The van der Waals surface area contributed by atoms with E-state index in [-0.39, 0.29) is 11.8 Å². The van der Waals surface area contributed by atoms with E-state index in [1.165, 1.54) is 16.1 Å². The standard InChI is InChI=1S/C19H24N4OS/c1-13-5-6-17(25-13)19(24)23-8-3-4-14(12-23)18-20-10-15-11-22(2)9-7-16(15)21-18/h5-6,10,14H,3-4,7-9,11-12H2,1-2H3/t14-/m1/s1. The molecule has 0 aromatic carbocycles. The van der Waals surface area contributed by atoms with Gasteiger partial charge >= 0.3 is 0 Å². The van der Waals surface area contributed by atoms with Gasteiger partial charge < -0.3 is 9.80 Å². The summed E-state index contributed by atoms with van der Waals surface area (Å²) in [7, 11) is 2.13. The van der Waals surface area contributed by atoms with Crippen molar-refractivity contribution in [1.82, 2.24) is 19.8 Å². The van der Waals surface area contributed by atoms with Crippen LogP contribution >= 0.6 is 11.3 Å². The van der Waals surface area contributed by atoms with Crippen molar-refractivity contribution in [3.05, 3.63) is 45.2 Å². The molecule has 1 amide bonds. The van der Waals surface area contributed by atoms with Gasteiger partial charge in [-0.05, 0) is 38.9 Å². The zero-order valence-electron chi connectivity index (χ0n) is 14.9. The molecule has 5 nitrogen and oxygen atoms in total. The van der Waals surface area contributed by atoms with Crippen LogP contribution in [-0.4, -0.2) is 52.4 Å². The number of aromatic nitrogens is 2. The first-order valence-corrected chi connectivity index (χ1v) is 9.81. The van der Waals surface area contributed by atoms with Crippen LogP contribution in [0.4, 0.5) is 0 Å². The molecule has 0 unspecified atom stereocenters. The zero-order chi connectivity index (χ0) is 17.4. The summed E-state index contributed by atoms with van der Waals surface area (Å²) >= 11 is 1.58. The maximum Gasteiger partial charge on any atom is 0.263 e. The molecule has 1 saturated heterocycles. The van der Waals surface area contributed by atoms with Crippen molar-refractivity contribution in [3.8, 4) is 0 Å². The smallest absolute Gasteiger partial charge is 0.263 e. The fourth-order valence-corrected chi connectivity index (χ4v) is 4.58. The highest BCUT2D eigenvalue weighted by Crippen LogP contribution is 2.28. The number of nitrogens with zero attached hydrogens (tertiary/aromatic N) is 4. The summed E-state index contributed by atoms with van der Waals surface area (Å²) in [6.45, 7) is 5.59. The highest BCUT2D eigenvalue weighted by Gasteiger charge is 2.28. The second-order valence-corrected chi connectivity index (χ2v) is 8.48. The number of rotatable bonds is 2. The number of carbonyl (C=O) groups excluding carboxylic acids is 1. The number of fused-ring (bicyclic) bond motifs is 1. The molecule has 0 N–H and O–H groups in total. The summed E-state index contributed by atoms with van der Waals surface area (Å²) in [5.74, 6) is 1.33. The molecule has 132 valence electrons. The lowest BCUT2D eigenvalue weighted by atomic mass is 9.96. The Bertz CT molecular complexity index is 787. The number of hydrogen-bond donors (Lipinski definition) is 0. The van der Waals surface area contributed by atoms with Crippen LogP contribution in [0, 0.1) is 6.92 Å². The number of likely N-dealkylation sites (N-methyl/N-ethyl adjacent to an activating group) is 1. The van der Waals surface area contributed by atoms with Crippen LogP contribution < -0.4 is 0 Å². The van der Waals surface area contributed by atoms with Crippen LogP contribution in [0.3, 0.4) is 0 Å². The molecule has 0 spiro atoms. The van der Waals surface area contributed by atoms with E-state index < -0.39 is 0 Å². The molecule has 2 aromatic rings. The number of hydrogen-bond acceptors (Lipinski definition) is 5. The predicted octanol–water partition coefficient (Wildman–Crippen LogP) is 2.85.